The van der Waals surface area contributed by atoms with E-state index in [2.05, 4.69) is 53.0 Å². The van der Waals surface area contributed by atoms with Gasteiger partial charge in [-0.25, -0.2) is 4.98 Å². The number of amides is 2. The Balaban J connectivity index is 0.00000272. The molecule has 3 atom stereocenters. The quantitative estimate of drug-likeness (QED) is 0.472. The Bertz CT molecular complexity index is 950. The van der Waals surface area contributed by atoms with Crippen molar-refractivity contribution in [3.63, 3.8) is 0 Å². The van der Waals surface area contributed by atoms with Crippen LogP contribution < -0.4 is 21.7 Å². The number of nitrogens with zero attached hydrogens (tertiary/aromatic N) is 1. The van der Waals surface area contributed by atoms with Gasteiger partial charge in [-0.3, -0.25) is 9.59 Å². The topological polar surface area (TPSA) is 109 Å². The molecule has 0 saturated carbocycles. The molecule has 0 unspecified atom stereocenters. The highest BCUT2D eigenvalue weighted by molar-refractivity contribution is 5.89. The average Bonchev–Trinajstić information content (AvgIpc) is 3.14. The smallest absolute Gasteiger partial charge is 0.242 e. The summed E-state index contributed by atoms with van der Waals surface area (Å²) in [7, 11) is 0. The number of hydrogen-bond acceptors (Lipinski definition) is 5. The number of nitrogen functional groups attached to an aromatic ring is 1. The van der Waals surface area contributed by atoms with E-state index >= 15 is 0 Å². The van der Waals surface area contributed by atoms with Gasteiger partial charge in [0.2, 0.25) is 11.8 Å². The maximum Gasteiger partial charge on any atom is 0.242 e. The van der Waals surface area contributed by atoms with Crippen molar-refractivity contribution in [1.29, 1.82) is 0 Å². The van der Waals surface area contributed by atoms with Crippen molar-refractivity contribution in [3.05, 3.63) is 58.3 Å². The molecule has 2 amide bonds. The van der Waals surface area contributed by atoms with E-state index in [1.807, 2.05) is 13.0 Å². The molecule has 0 bridgehead atoms. The van der Waals surface area contributed by atoms with Crippen molar-refractivity contribution in [2.75, 3.05) is 12.3 Å². The molecule has 1 aromatic carbocycles. The maximum atomic E-state index is 12.7. The first-order valence-corrected chi connectivity index (χ1v) is 10.8. The summed E-state index contributed by atoms with van der Waals surface area (Å²) in [5, 5.41) is 8.99. The molecule has 1 saturated heterocycles. The Kier molecular flexibility index (Phi) is 11.1. The zero-order chi connectivity index (χ0) is 22.5. The summed E-state index contributed by atoms with van der Waals surface area (Å²) in [6.07, 6.45) is 1.72. The number of carbonyl (C=O) groups excluding carboxylic acids is 2. The molecule has 0 radical (unpaired) electrons. The van der Waals surface area contributed by atoms with Gasteiger partial charge in [0.25, 0.3) is 0 Å². The molecule has 9 heteroatoms. The van der Waals surface area contributed by atoms with Crippen LogP contribution in [0.25, 0.3) is 0 Å². The molecule has 3 rings (SSSR count). The minimum atomic E-state index is -0.616. The molecule has 182 valence electrons. The lowest BCUT2D eigenvalue weighted by molar-refractivity contribution is -0.129. The first kappa shape index (κ1) is 28.7. The predicted octanol–water partition coefficient (Wildman–Crippen LogP) is 2.77. The maximum absolute atomic E-state index is 12.7. The van der Waals surface area contributed by atoms with Crippen LogP contribution in [0.5, 0.6) is 0 Å². The molecular formula is C24H35Cl2N5O2. The van der Waals surface area contributed by atoms with Gasteiger partial charge in [0.05, 0.1) is 6.04 Å². The fourth-order valence-electron chi connectivity index (χ4n) is 4.20. The monoisotopic (exact) mass is 495 g/mol. The summed E-state index contributed by atoms with van der Waals surface area (Å²) in [5.74, 6) is 0.500. The minimum absolute atomic E-state index is 0. The van der Waals surface area contributed by atoms with E-state index in [1.165, 1.54) is 16.7 Å². The average molecular weight is 496 g/mol. The van der Waals surface area contributed by atoms with Crippen molar-refractivity contribution >= 4 is 42.4 Å². The number of halogens is 2. The van der Waals surface area contributed by atoms with Crippen LogP contribution in [-0.4, -0.2) is 35.4 Å². The zero-order valence-electron chi connectivity index (χ0n) is 19.6. The Hall–Kier alpha value is -2.35. The fraction of sp³-hybridized carbons (Fsp3) is 0.458. The number of nitrogens with two attached hydrogens (primary N) is 1. The molecule has 2 heterocycles. The Morgan fingerprint density at radius 1 is 1.15 bits per heavy atom. The minimum Gasteiger partial charge on any atom is -0.384 e. The van der Waals surface area contributed by atoms with Crippen molar-refractivity contribution in [2.45, 2.75) is 59.2 Å². The van der Waals surface area contributed by atoms with E-state index in [-0.39, 0.29) is 42.7 Å². The second-order valence-electron chi connectivity index (χ2n) is 8.69. The molecule has 5 N–H and O–H groups in total. The van der Waals surface area contributed by atoms with E-state index in [1.54, 1.807) is 13.0 Å². The normalized spacial score (nSPS) is 17.9. The van der Waals surface area contributed by atoms with Crippen molar-refractivity contribution in [3.8, 4) is 0 Å². The third-order valence-corrected chi connectivity index (χ3v) is 5.77. The van der Waals surface area contributed by atoms with Crippen molar-refractivity contribution < 1.29 is 9.59 Å². The first-order valence-electron chi connectivity index (χ1n) is 10.8. The lowest BCUT2D eigenvalue weighted by Crippen LogP contribution is -2.50. The lowest BCUT2D eigenvalue weighted by atomic mass is 9.94. The zero-order valence-corrected chi connectivity index (χ0v) is 21.2. The highest BCUT2D eigenvalue weighted by Crippen LogP contribution is 2.21. The largest absolute Gasteiger partial charge is 0.384 e. The SMILES string of the molecule is Cc1cc(C)cc(C[C@@H]2CN[C@@H](C(=O)N[C@@H](C)C(=O)NCc3ccc(N)nc3C)C2)c1.Cl.Cl. The number of rotatable bonds is 7. The predicted molar refractivity (Wildman–Crippen MR) is 137 cm³/mol. The van der Waals surface area contributed by atoms with E-state index in [0.717, 1.165) is 30.6 Å². The van der Waals surface area contributed by atoms with Gasteiger partial charge in [0.15, 0.2) is 0 Å². The highest BCUT2D eigenvalue weighted by atomic mass is 35.5. The standard InChI is InChI=1S/C24H33N5O2.2ClH/c1-14-7-15(2)9-18(8-14)10-19-11-21(26-12-19)24(31)29-17(4)23(30)27-13-20-5-6-22(25)28-16(20)3;;/h5-9,17,19,21,26H,10-13H2,1-4H3,(H2,25,28)(H,27,30)(H,29,31);2*1H/t17-,19-,21+;;/m0../s1. The number of carbonyl (C=O) groups is 2. The van der Waals surface area contributed by atoms with Crippen LogP contribution in [0.1, 0.15) is 41.3 Å². The number of pyridine rings is 1. The molecule has 0 aliphatic carbocycles. The van der Waals surface area contributed by atoms with Crippen molar-refractivity contribution in [2.24, 2.45) is 5.92 Å². The van der Waals surface area contributed by atoms with Crippen LogP contribution in [0.2, 0.25) is 0 Å². The van der Waals surface area contributed by atoms with E-state index < -0.39 is 6.04 Å². The number of aromatic nitrogens is 1. The highest BCUT2D eigenvalue weighted by Gasteiger charge is 2.31. The summed E-state index contributed by atoms with van der Waals surface area (Å²) in [5.41, 5.74) is 11.2. The third-order valence-electron chi connectivity index (χ3n) is 5.77. The van der Waals surface area contributed by atoms with Crippen LogP contribution in [0, 0.1) is 26.7 Å². The molecule has 0 spiro atoms. The van der Waals surface area contributed by atoms with Gasteiger partial charge in [-0.1, -0.05) is 35.4 Å². The van der Waals surface area contributed by atoms with Gasteiger partial charge in [-0.05, 0) is 70.2 Å². The molecular weight excluding hydrogens is 461 g/mol. The lowest BCUT2D eigenvalue weighted by Gasteiger charge is -2.17. The molecule has 1 aromatic heterocycles. The summed E-state index contributed by atoms with van der Waals surface area (Å²) in [6, 6.07) is 9.27. The third kappa shape index (κ3) is 8.18. The summed E-state index contributed by atoms with van der Waals surface area (Å²) in [4.78, 5) is 29.3. The van der Waals surface area contributed by atoms with E-state index in [0.29, 0.717) is 18.3 Å². The Morgan fingerprint density at radius 2 is 1.82 bits per heavy atom. The summed E-state index contributed by atoms with van der Waals surface area (Å²) in [6.45, 7) is 8.91. The second-order valence-corrected chi connectivity index (χ2v) is 8.69. The van der Waals surface area contributed by atoms with Crippen LogP contribution in [-0.2, 0) is 22.6 Å². The van der Waals surface area contributed by atoms with Gasteiger partial charge in [0, 0.05) is 12.2 Å². The van der Waals surface area contributed by atoms with Crippen LogP contribution in [0.3, 0.4) is 0 Å². The molecule has 1 fully saturated rings. The van der Waals surface area contributed by atoms with Crippen molar-refractivity contribution in [1.82, 2.24) is 20.9 Å². The van der Waals surface area contributed by atoms with Gasteiger partial charge in [0.1, 0.15) is 11.9 Å². The summed E-state index contributed by atoms with van der Waals surface area (Å²) >= 11 is 0. The van der Waals surface area contributed by atoms with Gasteiger partial charge < -0.3 is 21.7 Å². The second kappa shape index (κ2) is 12.8. The first-order chi connectivity index (χ1) is 14.7. The number of aryl methyl sites for hydroxylation is 3. The van der Waals surface area contributed by atoms with Crippen LogP contribution in [0.15, 0.2) is 30.3 Å². The number of benzene rings is 1. The van der Waals surface area contributed by atoms with Gasteiger partial charge in [-0.15, -0.1) is 24.8 Å². The van der Waals surface area contributed by atoms with Gasteiger partial charge >= 0.3 is 0 Å². The number of hydrogen-bond donors (Lipinski definition) is 4. The molecule has 2 aromatic rings. The number of nitrogens with one attached hydrogen (secondary N) is 3. The van der Waals surface area contributed by atoms with Crippen LogP contribution >= 0.6 is 24.8 Å². The van der Waals surface area contributed by atoms with Gasteiger partial charge in [-0.2, -0.15) is 0 Å². The van der Waals surface area contributed by atoms with E-state index in [9.17, 15) is 9.59 Å². The summed E-state index contributed by atoms with van der Waals surface area (Å²) < 4.78 is 0. The molecule has 1 aliphatic rings. The Morgan fingerprint density at radius 3 is 2.45 bits per heavy atom. The molecule has 1 aliphatic heterocycles. The number of anilines is 1. The molecule has 33 heavy (non-hydrogen) atoms. The molecule has 7 nitrogen and oxygen atoms in total. The Labute approximate surface area is 208 Å². The fourth-order valence-corrected chi connectivity index (χ4v) is 4.20. The van der Waals surface area contributed by atoms with E-state index in [4.69, 9.17) is 5.73 Å². The van der Waals surface area contributed by atoms with Crippen LogP contribution in [0.4, 0.5) is 5.82 Å².